The molecule has 0 aliphatic carbocycles. The zero-order valence-electron chi connectivity index (χ0n) is 11.0. The lowest BCUT2D eigenvalue weighted by Gasteiger charge is -2.12. The Morgan fingerprint density at radius 2 is 1.80 bits per heavy atom. The summed E-state index contributed by atoms with van der Waals surface area (Å²) in [4.78, 5) is 24.9. The molecule has 0 atom stereocenters. The van der Waals surface area contributed by atoms with Gasteiger partial charge in [-0.15, -0.1) is 0 Å². The van der Waals surface area contributed by atoms with Crippen LogP contribution in [0, 0.1) is 0 Å². The molecule has 0 bridgehead atoms. The summed E-state index contributed by atoms with van der Waals surface area (Å²) < 4.78 is 2.34. The van der Waals surface area contributed by atoms with Crippen LogP contribution in [0.2, 0.25) is 0 Å². The van der Waals surface area contributed by atoms with E-state index in [2.05, 4.69) is 5.16 Å². The first kappa shape index (κ1) is 14.1. The largest absolute Gasteiger partial charge is 0.411 e. The highest BCUT2D eigenvalue weighted by Crippen LogP contribution is 2.27. The van der Waals surface area contributed by atoms with Crippen molar-refractivity contribution in [3.05, 3.63) is 56.7 Å². The molecule has 0 saturated carbocycles. The Morgan fingerprint density at radius 1 is 1.15 bits per heavy atom. The van der Waals surface area contributed by atoms with Crippen LogP contribution >= 0.6 is 11.8 Å². The molecule has 6 nitrogen and oxygen atoms in total. The molecule has 2 rings (SSSR count). The Bertz CT molecular complexity index is 763. The highest BCUT2D eigenvalue weighted by molar-refractivity contribution is 7.99. The Hall–Kier alpha value is -2.28. The molecule has 0 unspecified atom stereocenters. The van der Waals surface area contributed by atoms with Crippen LogP contribution in [-0.2, 0) is 14.1 Å². The van der Waals surface area contributed by atoms with E-state index in [0.717, 1.165) is 15.7 Å². The van der Waals surface area contributed by atoms with Crippen LogP contribution in [0.3, 0.4) is 0 Å². The minimum atomic E-state index is -0.496. The standard InChI is InChI=1S/C13H13N3O3S/c1-15-11(17)10(8-14-19)12(16(2)13(15)18)20-9-6-4-3-5-7-9/h3-8,19H,1-2H3/b14-8+. The van der Waals surface area contributed by atoms with Crippen molar-refractivity contribution in [1.29, 1.82) is 0 Å². The molecule has 0 aliphatic rings. The summed E-state index contributed by atoms with van der Waals surface area (Å²) in [6.07, 6.45) is 1.05. The molecule has 0 aliphatic heterocycles. The predicted octanol–water partition coefficient (Wildman–Crippen LogP) is 1.04. The Balaban J connectivity index is 2.68. The topological polar surface area (TPSA) is 76.6 Å². The fourth-order valence-electron chi connectivity index (χ4n) is 1.74. The van der Waals surface area contributed by atoms with Gasteiger partial charge in [-0.1, -0.05) is 35.1 Å². The Labute approximate surface area is 119 Å². The minimum absolute atomic E-state index is 0.172. The van der Waals surface area contributed by atoms with Gasteiger partial charge < -0.3 is 5.21 Å². The van der Waals surface area contributed by atoms with E-state index in [0.29, 0.717) is 5.03 Å². The first-order chi connectivity index (χ1) is 9.56. The summed E-state index contributed by atoms with van der Waals surface area (Å²) in [5, 5.41) is 12.1. The lowest BCUT2D eigenvalue weighted by atomic mass is 10.3. The van der Waals surface area contributed by atoms with Crippen LogP contribution < -0.4 is 11.2 Å². The number of nitrogens with zero attached hydrogens (tertiary/aromatic N) is 3. The molecule has 20 heavy (non-hydrogen) atoms. The maximum absolute atomic E-state index is 12.1. The molecule has 1 heterocycles. The zero-order chi connectivity index (χ0) is 14.7. The second-order valence-electron chi connectivity index (χ2n) is 4.08. The highest BCUT2D eigenvalue weighted by Gasteiger charge is 2.15. The van der Waals surface area contributed by atoms with E-state index < -0.39 is 11.2 Å². The van der Waals surface area contributed by atoms with Crippen molar-refractivity contribution in [2.45, 2.75) is 9.92 Å². The van der Waals surface area contributed by atoms with Crippen LogP contribution in [0.4, 0.5) is 0 Å². The van der Waals surface area contributed by atoms with Crippen LogP contribution in [0.25, 0.3) is 0 Å². The minimum Gasteiger partial charge on any atom is -0.411 e. The van der Waals surface area contributed by atoms with E-state index in [1.165, 1.54) is 23.4 Å². The molecule has 0 saturated heterocycles. The van der Waals surface area contributed by atoms with E-state index in [1.54, 1.807) is 7.05 Å². The van der Waals surface area contributed by atoms with Crippen molar-refractivity contribution in [2.24, 2.45) is 19.3 Å². The van der Waals surface area contributed by atoms with E-state index in [1.807, 2.05) is 30.3 Å². The number of hydrogen-bond acceptors (Lipinski definition) is 5. The lowest BCUT2D eigenvalue weighted by molar-refractivity contribution is 0.321. The highest BCUT2D eigenvalue weighted by atomic mass is 32.2. The molecule has 104 valence electrons. The monoisotopic (exact) mass is 291 g/mol. The van der Waals surface area contributed by atoms with Crippen LogP contribution in [0.1, 0.15) is 5.56 Å². The summed E-state index contributed by atoms with van der Waals surface area (Å²) in [7, 11) is 2.96. The van der Waals surface area contributed by atoms with Crippen molar-refractivity contribution < 1.29 is 5.21 Å². The van der Waals surface area contributed by atoms with Gasteiger partial charge in [0.05, 0.1) is 16.8 Å². The molecule has 0 amide bonds. The maximum atomic E-state index is 12.1. The van der Waals surface area contributed by atoms with Crippen LogP contribution in [-0.4, -0.2) is 20.6 Å². The van der Waals surface area contributed by atoms with Crippen molar-refractivity contribution in [3.63, 3.8) is 0 Å². The van der Waals surface area contributed by atoms with E-state index in [9.17, 15) is 9.59 Å². The number of hydrogen-bond donors (Lipinski definition) is 1. The van der Waals surface area contributed by atoms with Crippen LogP contribution in [0.5, 0.6) is 0 Å². The summed E-state index contributed by atoms with van der Waals surface area (Å²) in [5.41, 5.74) is -0.751. The molecule has 1 aromatic carbocycles. The van der Waals surface area contributed by atoms with Gasteiger partial charge >= 0.3 is 5.69 Å². The van der Waals surface area contributed by atoms with Gasteiger partial charge in [0.15, 0.2) is 0 Å². The van der Waals surface area contributed by atoms with Crippen LogP contribution in [0.15, 0.2) is 55.0 Å². The smallest absolute Gasteiger partial charge is 0.331 e. The fraction of sp³-hybridized carbons (Fsp3) is 0.154. The van der Waals surface area contributed by atoms with E-state index in [-0.39, 0.29) is 5.56 Å². The van der Waals surface area contributed by atoms with Gasteiger partial charge in [0.25, 0.3) is 5.56 Å². The van der Waals surface area contributed by atoms with Crippen molar-refractivity contribution in [2.75, 3.05) is 0 Å². The molecule has 2 aromatic rings. The number of oxime groups is 1. The Morgan fingerprint density at radius 3 is 2.40 bits per heavy atom. The third-order valence-corrected chi connectivity index (χ3v) is 3.98. The number of rotatable bonds is 3. The molecule has 0 radical (unpaired) electrons. The summed E-state index contributed by atoms with van der Waals surface area (Å²) >= 11 is 1.27. The Kier molecular flexibility index (Phi) is 4.09. The van der Waals surface area contributed by atoms with Gasteiger partial charge in [-0.2, -0.15) is 0 Å². The fourth-order valence-corrected chi connectivity index (χ4v) is 2.72. The van der Waals surface area contributed by atoms with Gasteiger partial charge in [0.1, 0.15) is 0 Å². The van der Waals surface area contributed by atoms with Gasteiger partial charge in [-0.05, 0) is 12.1 Å². The van der Waals surface area contributed by atoms with Gasteiger partial charge in [-0.3, -0.25) is 13.9 Å². The molecule has 7 heteroatoms. The first-order valence-corrected chi connectivity index (χ1v) is 6.58. The molecule has 1 aromatic heterocycles. The first-order valence-electron chi connectivity index (χ1n) is 5.76. The third kappa shape index (κ3) is 2.53. The summed E-state index contributed by atoms with van der Waals surface area (Å²) in [5.74, 6) is 0. The molecule has 0 spiro atoms. The molecular weight excluding hydrogens is 278 g/mol. The molecule has 1 N–H and O–H groups in total. The normalized spacial score (nSPS) is 11.1. The number of aromatic nitrogens is 2. The van der Waals surface area contributed by atoms with E-state index in [4.69, 9.17) is 5.21 Å². The average molecular weight is 291 g/mol. The number of benzene rings is 1. The van der Waals surface area contributed by atoms with E-state index >= 15 is 0 Å². The summed E-state index contributed by atoms with van der Waals surface area (Å²) in [6.45, 7) is 0. The van der Waals surface area contributed by atoms with Crippen molar-refractivity contribution >= 4 is 18.0 Å². The molecular formula is C13H13N3O3S. The zero-order valence-corrected chi connectivity index (χ0v) is 11.8. The maximum Gasteiger partial charge on any atom is 0.331 e. The van der Waals surface area contributed by atoms with Crippen molar-refractivity contribution in [3.8, 4) is 0 Å². The SMILES string of the molecule is Cn1c(Sc2ccccc2)c(/C=N/O)c(=O)n(C)c1=O. The molecule has 0 fully saturated rings. The quantitative estimate of drug-likeness (QED) is 0.397. The predicted molar refractivity (Wildman–Crippen MR) is 76.9 cm³/mol. The summed E-state index contributed by atoms with van der Waals surface area (Å²) in [6, 6.07) is 9.34. The average Bonchev–Trinajstić information content (AvgIpc) is 2.47. The lowest BCUT2D eigenvalue weighted by Crippen LogP contribution is -2.39. The van der Waals surface area contributed by atoms with Gasteiger partial charge in [0.2, 0.25) is 0 Å². The third-order valence-electron chi connectivity index (χ3n) is 2.79. The van der Waals surface area contributed by atoms with Gasteiger partial charge in [-0.25, -0.2) is 4.79 Å². The van der Waals surface area contributed by atoms with Gasteiger partial charge in [0, 0.05) is 19.0 Å². The second kappa shape index (κ2) is 5.79. The van der Waals surface area contributed by atoms with Crippen molar-refractivity contribution in [1.82, 2.24) is 9.13 Å². The second-order valence-corrected chi connectivity index (χ2v) is 5.15.